The summed E-state index contributed by atoms with van der Waals surface area (Å²) in [6, 6.07) is 2.62. The van der Waals surface area contributed by atoms with Gasteiger partial charge in [-0.1, -0.05) is 11.6 Å². The first kappa shape index (κ1) is 16.4. The second kappa shape index (κ2) is 5.57. The third-order valence-electron chi connectivity index (χ3n) is 3.42. The minimum Gasteiger partial charge on any atom is -0.255 e. The number of halogens is 2. The Bertz CT molecular complexity index is 940. The molecule has 6 nitrogen and oxygen atoms in total. The Morgan fingerprint density at radius 1 is 1.43 bits per heavy atom. The number of sulfone groups is 1. The van der Waals surface area contributed by atoms with Gasteiger partial charge in [-0.05, 0) is 6.07 Å². The number of hydrogen-bond donors (Lipinski definition) is 0. The standard InChI is InChI=1S/C13H12ClFN3O3S2/c1-17-13(23(2,20)21)11(14)12(16-17)7-5-10-9(6-8(7)15)18(19)3-4-22-10/h5-6H,3-4H2,1-2H3/q+1. The highest BCUT2D eigenvalue weighted by Gasteiger charge is 2.30. The number of benzene rings is 1. The molecule has 0 fully saturated rings. The van der Waals surface area contributed by atoms with Crippen LogP contribution >= 0.6 is 23.4 Å². The van der Waals surface area contributed by atoms with Crippen molar-refractivity contribution in [3.8, 4) is 11.3 Å². The summed E-state index contributed by atoms with van der Waals surface area (Å²) in [5, 5.41) is 3.73. The van der Waals surface area contributed by atoms with Gasteiger partial charge in [0.25, 0.3) is 5.69 Å². The average Bonchev–Trinajstić information content (AvgIpc) is 2.74. The molecule has 10 heteroatoms. The van der Waals surface area contributed by atoms with E-state index in [1.54, 1.807) is 0 Å². The van der Waals surface area contributed by atoms with Crippen LogP contribution in [0.1, 0.15) is 0 Å². The van der Waals surface area contributed by atoms with Crippen LogP contribution in [0.15, 0.2) is 22.1 Å². The molecule has 0 saturated heterocycles. The maximum absolute atomic E-state index is 14.4. The molecule has 23 heavy (non-hydrogen) atoms. The minimum absolute atomic E-state index is 0.0403. The van der Waals surface area contributed by atoms with Gasteiger partial charge in [0.1, 0.15) is 16.5 Å². The van der Waals surface area contributed by atoms with Crippen LogP contribution in [0.25, 0.3) is 11.3 Å². The second-order valence-electron chi connectivity index (χ2n) is 5.11. The van der Waals surface area contributed by atoms with Gasteiger partial charge in [-0.2, -0.15) is 5.10 Å². The van der Waals surface area contributed by atoms with Crippen molar-refractivity contribution in [1.29, 1.82) is 0 Å². The molecular weight excluding hydrogens is 365 g/mol. The van der Waals surface area contributed by atoms with Crippen LogP contribution in [0.3, 0.4) is 0 Å². The van der Waals surface area contributed by atoms with Crippen molar-refractivity contribution in [2.75, 3.05) is 18.6 Å². The summed E-state index contributed by atoms with van der Waals surface area (Å²) in [7, 11) is -2.18. The molecular formula is C13H12ClFN3O3S2+. The van der Waals surface area contributed by atoms with Gasteiger partial charge in [0.15, 0.2) is 14.9 Å². The molecule has 0 aliphatic carbocycles. The molecule has 0 atom stereocenters. The van der Waals surface area contributed by atoms with Gasteiger partial charge < -0.3 is 0 Å². The third kappa shape index (κ3) is 2.77. The van der Waals surface area contributed by atoms with Crippen LogP contribution in [-0.2, 0) is 16.9 Å². The van der Waals surface area contributed by atoms with Crippen molar-refractivity contribution in [2.24, 2.45) is 7.05 Å². The number of rotatable bonds is 2. The van der Waals surface area contributed by atoms with Crippen molar-refractivity contribution >= 4 is 38.9 Å². The van der Waals surface area contributed by atoms with E-state index in [9.17, 15) is 17.7 Å². The molecule has 0 N–H and O–H groups in total. The van der Waals surface area contributed by atoms with E-state index >= 15 is 0 Å². The first-order chi connectivity index (χ1) is 10.7. The van der Waals surface area contributed by atoms with E-state index in [2.05, 4.69) is 5.10 Å². The highest BCUT2D eigenvalue weighted by molar-refractivity contribution is 7.99. The van der Waals surface area contributed by atoms with E-state index < -0.39 is 15.7 Å². The molecule has 0 amide bonds. The molecule has 0 saturated carbocycles. The highest BCUT2D eigenvalue weighted by Crippen LogP contribution is 2.40. The summed E-state index contributed by atoms with van der Waals surface area (Å²) >= 11 is 7.55. The number of aryl methyl sites for hydroxylation is 1. The molecule has 2 aromatic rings. The number of aromatic nitrogens is 2. The summed E-state index contributed by atoms with van der Waals surface area (Å²) < 4.78 is 39.8. The van der Waals surface area contributed by atoms with Crippen molar-refractivity contribution in [3.63, 3.8) is 0 Å². The third-order valence-corrected chi connectivity index (χ3v) is 6.08. The smallest absolute Gasteiger partial charge is 0.255 e. The van der Waals surface area contributed by atoms with E-state index in [0.717, 1.165) is 21.8 Å². The molecule has 122 valence electrons. The van der Waals surface area contributed by atoms with Crippen LogP contribution in [0, 0.1) is 10.7 Å². The number of nitroso groups, excluding NO2 is 1. The van der Waals surface area contributed by atoms with Crippen molar-refractivity contribution < 1.29 is 17.6 Å². The zero-order valence-electron chi connectivity index (χ0n) is 12.2. The zero-order valence-corrected chi connectivity index (χ0v) is 14.6. The second-order valence-corrected chi connectivity index (χ2v) is 8.56. The largest absolute Gasteiger partial charge is 0.272 e. The molecule has 3 rings (SSSR count). The lowest BCUT2D eigenvalue weighted by atomic mass is 10.1. The monoisotopic (exact) mass is 376 g/mol. The first-order valence-electron chi connectivity index (χ1n) is 6.54. The minimum atomic E-state index is -3.61. The predicted octanol–water partition coefficient (Wildman–Crippen LogP) is 2.80. The number of fused-ring (bicyclic) bond motifs is 1. The molecule has 0 bridgehead atoms. The van der Waals surface area contributed by atoms with Gasteiger partial charge >= 0.3 is 0 Å². The summed E-state index contributed by atoms with van der Waals surface area (Å²) in [5.74, 6) is -0.0845. The lowest BCUT2D eigenvalue weighted by Crippen LogP contribution is -2.12. The Balaban J connectivity index is 2.23. The SMILES string of the molecule is Cn1nc(-c2cc3c(cc2F)[N+](=O)CCS3)c(Cl)c1S(C)(=O)=O. The lowest BCUT2D eigenvalue weighted by Gasteiger charge is -2.10. The number of hydrogen-bond acceptors (Lipinski definition) is 5. The van der Waals surface area contributed by atoms with Crippen LogP contribution < -0.4 is 0 Å². The molecule has 0 spiro atoms. The van der Waals surface area contributed by atoms with E-state index in [1.807, 2.05) is 0 Å². The van der Waals surface area contributed by atoms with Crippen molar-refractivity contribution in [1.82, 2.24) is 9.78 Å². The molecule has 1 aromatic carbocycles. The Labute approximate surface area is 141 Å². The fraction of sp³-hybridized carbons (Fsp3) is 0.308. The summed E-state index contributed by atoms with van der Waals surface area (Å²) in [5.41, 5.74) is 0.374. The Hall–Kier alpha value is -1.45. The van der Waals surface area contributed by atoms with E-state index in [0.29, 0.717) is 17.2 Å². The Kier molecular flexibility index (Phi) is 3.97. The van der Waals surface area contributed by atoms with Crippen molar-refractivity contribution in [2.45, 2.75) is 9.92 Å². The van der Waals surface area contributed by atoms with Crippen LogP contribution in [0.5, 0.6) is 0 Å². The van der Waals surface area contributed by atoms with E-state index in [4.69, 9.17) is 11.6 Å². The van der Waals surface area contributed by atoms with Gasteiger partial charge in [-0.15, -0.1) is 11.8 Å². The molecule has 1 aliphatic rings. The first-order valence-corrected chi connectivity index (χ1v) is 9.79. The normalized spacial score (nSPS) is 14.9. The van der Waals surface area contributed by atoms with Gasteiger partial charge in [-0.3, -0.25) is 4.68 Å². The fourth-order valence-corrected chi connectivity index (χ4v) is 5.06. The van der Waals surface area contributed by atoms with Crippen molar-refractivity contribution in [3.05, 3.63) is 27.9 Å². The van der Waals surface area contributed by atoms with Crippen LogP contribution in [0.2, 0.25) is 5.02 Å². The molecule has 1 aromatic heterocycles. The maximum atomic E-state index is 14.4. The van der Waals surface area contributed by atoms with Gasteiger partial charge in [-0.25, -0.2) is 12.8 Å². The lowest BCUT2D eigenvalue weighted by molar-refractivity contribution is -0.461. The van der Waals surface area contributed by atoms with Crippen LogP contribution in [-0.4, -0.2) is 41.5 Å². The Morgan fingerprint density at radius 2 is 2.13 bits per heavy atom. The molecule has 1 aliphatic heterocycles. The number of nitrogens with zero attached hydrogens (tertiary/aromatic N) is 3. The summed E-state index contributed by atoms with van der Waals surface area (Å²) in [4.78, 5) is 12.4. The predicted molar refractivity (Wildman–Crippen MR) is 85.6 cm³/mol. The summed E-state index contributed by atoms with van der Waals surface area (Å²) in [6.07, 6.45) is 1.01. The van der Waals surface area contributed by atoms with E-state index in [-0.39, 0.29) is 27.0 Å². The van der Waals surface area contributed by atoms with Gasteiger partial charge in [0.05, 0.1) is 16.7 Å². The maximum Gasteiger partial charge on any atom is 0.272 e. The molecule has 0 radical (unpaired) electrons. The Morgan fingerprint density at radius 3 is 2.74 bits per heavy atom. The fourth-order valence-electron chi connectivity index (χ4n) is 2.45. The van der Waals surface area contributed by atoms with Gasteiger partial charge in [0.2, 0.25) is 6.54 Å². The average molecular weight is 377 g/mol. The number of thioether (sulfide) groups is 1. The molecule has 2 heterocycles. The van der Waals surface area contributed by atoms with Gasteiger partial charge in [0, 0.05) is 28.5 Å². The quantitative estimate of drug-likeness (QED) is 0.753. The van der Waals surface area contributed by atoms with E-state index in [1.165, 1.54) is 24.9 Å². The zero-order chi connectivity index (χ0) is 16.9. The highest BCUT2D eigenvalue weighted by atomic mass is 35.5. The molecule has 0 unspecified atom stereocenters. The summed E-state index contributed by atoms with van der Waals surface area (Å²) in [6.45, 7) is 0.291. The van der Waals surface area contributed by atoms with Crippen LogP contribution in [0.4, 0.5) is 10.1 Å². The topological polar surface area (TPSA) is 72.0 Å².